The number of anilines is 1. The zero-order valence-corrected chi connectivity index (χ0v) is 14.5. The van der Waals surface area contributed by atoms with Gasteiger partial charge >= 0.3 is 0 Å². The van der Waals surface area contributed by atoms with Crippen molar-refractivity contribution in [3.63, 3.8) is 0 Å². The van der Waals surface area contributed by atoms with Gasteiger partial charge in [0.2, 0.25) is 5.91 Å². The lowest BCUT2D eigenvalue weighted by molar-refractivity contribution is -0.120. The summed E-state index contributed by atoms with van der Waals surface area (Å²) >= 11 is 0. The van der Waals surface area contributed by atoms with E-state index >= 15 is 0 Å². The Morgan fingerprint density at radius 3 is 2.42 bits per heavy atom. The van der Waals surface area contributed by atoms with Gasteiger partial charge in [0.1, 0.15) is 0 Å². The summed E-state index contributed by atoms with van der Waals surface area (Å²) in [5.41, 5.74) is 7.29. The van der Waals surface area contributed by atoms with Crippen LogP contribution in [0.15, 0.2) is 66.7 Å². The van der Waals surface area contributed by atoms with Crippen LogP contribution in [0, 0.1) is 0 Å². The third-order valence-corrected chi connectivity index (χ3v) is 4.28. The molecule has 0 aliphatic carbocycles. The van der Waals surface area contributed by atoms with E-state index in [9.17, 15) is 9.59 Å². The maximum Gasteiger partial charge on any atom is 0.250 e. The Labute approximate surface area is 152 Å². The van der Waals surface area contributed by atoms with Crippen molar-refractivity contribution in [1.82, 2.24) is 5.32 Å². The quantitative estimate of drug-likeness (QED) is 0.640. The van der Waals surface area contributed by atoms with E-state index in [1.54, 1.807) is 24.3 Å². The van der Waals surface area contributed by atoms with Crippen molar-refractivity contribution in [2.45, 2.75) is 13.0 Å². The van der Waals surface area contributed by atoms with Gasteiger partial charge in [-0.15, -0.1) is 0 Å². The van der Waals surface area contributed by atoms with E-state index in [0.29, 0.717) is 11.3 Å². The molecule has 3 aromatic carbocycles. The van der Waals surface area contributed by atoms with E-state index in [1.165, 1.54) is 5.39 Å². The number of nitrogens with two attached hydrogens (primary N) is 1. The number of rotatable bonds is 6. The second-order valence-corrected chi connectivity index (χ2v) is 6.16. The van der Waals surface area contributed by atoms with Gasteiger partial charge in [-0.3, -0.25) is 9.59 Å². The van der Waals surface area contributed by atoms with Crippen molar-refractivity contribution in [3.05, 3.63) is 77.9 Å². The maximum absolute atomic E-state index is 12.3. The van der Waals surface area contributed by atoms with Crippen LogP contribution in [0.4, 0.5) is 5.69 Å². The number of benzene rings is 3. The second-order valence-electron chi connectivity index (χ2n) is 6.16. The Kier molecular flexibility index (Phi) is 5.17. The predicted molar refractivity (Wildman–Crippen MR) is 104 cm³/mol. The molecule has 0 unspecified atom stereocenters. The Balaban J connectivity index is 1.63. The summed E-state index contributed by atoms with van der Waals surface area (Å²) in [6.45, 7) is 2.00. The fourth-order valence-electron chi connectivity index (χ4n) is 2.88. The number of hydrogen-bond donors (Lipinski definition) is 3. The first-order chi connectivity index (χ1) is 12.5. The minimum Gasteiger partial charge on any atom is -0.376 e. The lowest BCUT2D eigenvalue weighted by atomic mass is 10.0. The molecule has 4 N–H and O–H groups in total. The van der Waals surface area contributed by atoms with Gasteiger partial charge in [0.25, 0.3) is 5.91 Å². The molecule has 0 aliphatic heterocycles. The van der Waals surface area contributed by atoms with Crippen LogP contribution in [0.2, 0.25) is 0 Å². The van der Waals surface area contributed by atoms with E-state index < -0.39 is 5.91 Å². The van der Waals surface area contributed by atoms with Gasteiger partial charge < -0.3 is 16.4 Å². The average molecular weight is 347 g/mol. The van der Waals surface area contributed by atoms with E-state index in [1.807, 2.05) is 25.1 Å². The fourth-order valence-corrected chi connectivity index (χ4v) is 2.88. The predicted octanol–water partition coefficient (Wildman–Crippen LogP) is 3.23. The van der Waals surface area contributed by atoms with Crippen molar-refractivity contribution in [2.75, 3.05) is 11.9 Å². The highest BCUT2D eigenvalue weighted by Crippen LogP contribution is 2.20. The third kappa shape index (κ3) is 4.00. The highest BCUT2D eigenvalue weighted by atomic mass is 16.2. The van der Waals surface area contributed by atoms with Gasteiger partial charge in [0.05, 0.1) is 18.2 Å². The molecule has 0 fully saturated rings. The van der Waals surface area contributed by atoms with Crippen molar-refractivity contribution in [1.29, 1.82) is 0 Å². The lowest BCUT2D eigenvalue weighted by Gasteiger charge is -2.16. The molecule has 0 saturated heterocycles. The molecular weight excluding hydrogens is 326 g/mol. The highest BCUT2D eigenvalue weighted by molar-refractivity contribution is 5.99. The molecule has 0 heterocycles. The van der Waals surface area contributed by atoms with Gasteiger partial charge in [0.15, 0.2) is 0 Å². The highest BCUT2D eigenvalue weighted by Gasteiger charge is 2.12. The Morgan fingerprint density at radius 2 is 1.65 bits per heavy atom. The van der Waals surface area contributed by atoms with Crippen LogP contribution in [0.1, 0.15) is 28.9 Å². The van der Waals surface area contributed by atoms with Gasteiger partial charge in [-0.05, 0) is 41.5 Å². The van der Waals surface area contributed by atoms with Crippen LogP contribution in [-0.4, -0.2) is 18.4 Å². The van der Waals surface area contributed by atoms with Crippen molar-refractivity contribution in [2.24, 2.45) is 5.73 Å². The average Bonchev–Trinajstić information content (AvgIpc) is 2.66. The minimum atomic E-state index is -0.530. The van der Waals surface area contributed by atoms with Crippen LogP contribution >= 0.6 is 0 Å². The van der Waals surface area contributed by atoms with E-state index in [0.717, 1.165) is 10.9 Å². The molecule has 3 aromatic rings. The molecule has 0 radical (unpaired) electrons. The molecule has 3 rings (SSSR count). The van der Waals surface area contributed by atoms with Crippen molar-refractivity contribution in [3.8, 4) is 0 Å². The normalized spacial score (nSPS) is 11.7. The van der Waals surface area contributed by atoms with Gasteiger partial charge in [-0.2, -0.15) is 0 Å². The molecule has 26 heavy (non-hydrogen) atoms. The molecule has 2 amide bonds. The Hall–Kier alpha value is -3.34. The first-order valence-corrected chi connectivity index (χ1v) is 8.45. The van der Waals surface area contributed by atoms with E-state index in [2.05, 4.69) is 34.9 Å². The van der Waals surface area contributed by atoms with Crippen molar-refractivity contribution < 1.29 is 9.59 Å². The lowest BCUT2D eigenvalue weighted by Crippen LogP contribution is -2.32. The molecular formula is C21H21N3O2. The number of hydrogen-bond acceptors (Lipinski definition) is 3. The number of primary amides is 1. The minimum absolute atomic E-state index is 0.0578. The summed E-state index contributed by atoms with van der Waals surface area (Å²) < 4.78 is 0. The first-order valence-electron chi connectivity index (χ1n) is 8.45. The van der Waals surface area contributed by atoms with Gasteiger partial charge in [0, 0.05) is 5.69 Å². The molecule has 0 saturated carbocycles. The molecule has 0 spiro atoms. The largest absolute Gasteiger partial charge is 0.376 e. The maximum atomic E-state index is 12.3. The Morgan fingerprint density at radius 1 is 0.962 bits per heavy atom. The number of carbonyl (C=O) groups is 2. The van der Waals surface area contributed by atoms with Crippen LogP contribution in [0.5, 0.6) is 0 Å². The number of para-hydroxylation sites is 1. The molecule has 0 aliphatic rings. The monoisotopic (exact) mass is 347 g/mol. The summed E-state index contributed by atoms with van der Waals surface area (Å²) in [7, 11) is 0. The van der Waals surface area contributed by atoms with E-state index in [4.69, 9.17) is 5.73 Å². The SMILES string of the molecule is C[C@H](NC(=O)CNc1ccccc1C(N)=O)c1ccc2ccccc2c1. The molecule has 132 valence electrons. The molecule has 1 atom stereocenters. The number of nitrogens with one attached hydrogen (secondary N) is 2. The summed E-state index contributed by atoms with van der Waals surface area (Å²) in [4.78, 5) is 23.7. The first kappa shape index (κ1) is 17.5. The zero-order chi connectivity index (χ0) is 18.5. The molecule has 5 heteroatoms. The summed E-state index contributed by atoms with van der Waals surface area (Å²) in [5.74, 6) is -0.692. The molecule has 5 nitrogen and oxygen atoms in total. The zero-order valence-electron chi connectivity index (χ0n) is 14.5. The topological polar surface area (TPSA) is 84.2 Å². The summed E-state index contributed by atoms with van der Waals surface area (Å²) in [6.07, 6.45) is 0. The smallest absolute Gasteiger partial charge is 0.250 e. The van der Waals surface area contributed by atoms with Crippen LogP contribution < -0.4 is 16.4 Å². The second kappa shape index (κ2) is 7.70. The number of carbonyl (C=O) groups excluding carboxylic acids is 2. The van der Waals surface area contributed by atoms with Gasteiger partial charge in [-0.25, -0.2) is 0 Å². The third-order valence-electron chi connectivity index (χ3n) is 4.28. The van der Waals surface area contributed by atoms with Crippen LogP contribution in [0.25, 0.3) is 10.8 Å². The van der Waals surface area contributed by atoms with Crippen molar-refractivity contribution >= 4 is 28.3 Å². The number of fused-ring (bicyclic) bond motifs is 1. The number of amides is 2. The standard InChI is InChI=1S/C21H21N3O2/c1-14(16-11-10-15-6-2-3-7-17(15)12-16)24-20(25)13-23-19-9-5-4-8-18(19)21(22)26/h2-12,14,23H,13H2,1H3,(H2,22,26)(H,24,25)/t14-/m0/s1. The summed E-state index contributed by atoms with van der Waals surface area (Å²) in [6, 6.07) is 21.0. The molecule has 0 bridgehead atoms. The van der Waals surface area contributed by atoms with E-state index in [-0.39, 0.29) is 18.5 Å². The summed E-state index contributed by atoms with van der Waals surface area (Å²) in [5, 5.41) is 8.23. The fraction of sp³-hybridized carbons (Fsp3) is 0.143. The Bertz CT molecular complexity index is 953. The molecule has 0 aromatic heterocycles. The van der Waals surface area contributed by atoms with Gasteiger partial charge in [-0.1, -0.05) is 48.5 Å². The van der Waals surface area contributed by atoms with Crippen LogP contribution in [0.3, 0.4) is 0 Å². The van der Waals surface area contributed by atoms with Crippen LogP contribution in [-0.2, 0) is 4.79 Å².